The van der Waals surface area contributed by atoms with Gasteiger partial charge in [-0.2, -0.15) is 0 Å². The highest BCUT2D eigenvalue weighted by Crippen LogP contribution is 2.26. The number of rotatable bonds is 5. The van der Waals surface area contributed by atoms with Gasteiger partial charge in [0.1, 0.15) is 0 Å². The first-order valence-corrected chi connectivity index (χ1v) is 7.68. The molecule has 0 amide bonds. The molecule has 0 bridgehead atoms. The SMILES string of the molecule is CCCN1CCOC(C(NC)c2csc(C)c2)C1. The number of nitrogens with one attached hydrogen (secondary N) is 1. The summed E-state index contributed by atoms with van der Waals surface area (Å²) in [7, 11) is 2.03. The predicted octanol–water partition coefficient (Wildman–Crippen LogP) is 2.43. The van der Waals surface area contributed by atoms with Gasteiger partial charge < -0.3 is 10.1 Å². The van der Waals surface area contributed by atoms with Crippen molar-refractivity contribution in [2.45, 2.75) is 32.4 Å². The number of hydrogen-bond donors (Lipinski definition) is 1. The Labute approximate surface area is 114 Å². The Hall–Kier alpha value is -0.420. The Balaban J connectivity index is 2.03. The molecule has 1 saturated heterocycles. The average molecular weight is 268 g/mol. The summed E-state index contributed by atoms with van der Waals surface area (Å²) in [4.78, 5) is 3.88. The molecular formula is C14H24N2OS. The molecule has 3 nitrogen and oxygen atoms in total. The van der Waals surface area contributed by atoms with Gasteiger partial charge in [0.2, 0.25) is 0 Å². The van der Waals surface area contributed by atoms with Gasteiger partial charge >= 0.3 is 0 Å². The lowest BCUT2D eigenvalue weighted by atomic mass is 10.0. The Morgan fingerprint density at radius 1 is 1.61 bits per heavy atom. The maximum Gasteiger partial charge on any atom is 0.0897 e. The monoisotopic (exact) mass is 268 g/mol. The van der Waals surface area contributed by atoms with Gasteiger partial charge in [0.25, 0.3) is 0 Å². The fraction of sp³-hybridized carbons (Fsp3) is 0.714. The molecule has 0 saturated carbocycles. The molecule has 2 rings (SSSR count). The molecule has 0 radical (unpaired) electrons. The van der Waals surface area contributed by atoms with Crippen LogP contribution in [0.3, 0.4) is 0 Å². The zero-order valence-electron chi connectivity index (χ0n) is 11.6. The van der Waals surface area contributed by atoms with E-state index in [1.54, 1.807) is 0 Å². The minimum atomic E-state index is 0.268. The summed E-state index contributed by atoms with van der Waals surface area (Å²) in [5, 5.41) is 5.67. The lowest BCUT2D eigenvalue weighted by Crippen LogP contribution is -2.47. The molecule has 2 heterocycles. The van der Waals surface area contributed by atoms with Crippen LogP contribution >= 0.6 is 11.3 Å². The zero-order chi connectivity index (χ0) is 13.0. The van der Waals surface area contributed by atoms with Crippen LogP contribution in [0, 0.1) is 6.92 Å². The van der Waals surface area contributed by atoms with Crippen molar-refractivity contribution in [2.75, 3.05) is 33.3 Å². The van der Waals surface area contributed by atoms with Crippen LogP contribution in [0.2, 0.25) is 0 Å². The molecular weight excluding hydrogens is 244 g/mol. The predicted molar refractivity (Wildman–Crippen MR) is 77.3 cm³/mol. The molecule has 102 valence electrons. The number of thiophene rings is 1. The summed E-state index contributed by atoms with van der Waals surface area (Å²) < 4.78 is 5.97. The second-order valence-corrected chi connectivity index (χ2v) is 6.08. The molecule has 1 aliphatic heterocycles. The molecule has 18 heavy (non-hydrogen) atoms. The molecule has 0 aromatic carbocycles. The minimum absolute atomic E-state index is 0.268. The molecule has 2 atom stereocenters. The Bertz CT molecular complexity index is 364. The van der Waals surface area contributed by atoms with Crippen molar-refractivity contribution >= 4 is 11.3 Å². The van der Waals surface area contributed by atoms with Crippen molar-refractivity contribution in [3.8, 4) is 0 Å². The van der Waals surface area contributed by atoms with E-state index in [2.05, 4.69) is 35.5 Å². The highest BCUT2D eigenvalue weighted by atomic mass is 32.1. The Kier molecular flexibility index (Phi) is 5.18. The van der Waals surface area contributed by atoms with Crippen molar-refractivity contribution in [3.05, 3.63) is 21.9 Å². The molecule has 0 aliphatic carbocycles. The molecule has 4 heteroatoms. The third-order valence-electron chi connectivity index (χ3n) is 3.51. The summed E-state index contributed by atoms with van der Waals surface area (Å²) in [5.74, 6) is 0. The van der Waals surface area contributed by atoms with Gasteiger partial charge in [-0.15, -0.1) is 11.3 Å². The van der Waals surface area contributed by atoms with Crippen molar-refractivity contribution in [3.63, 3.8) is 0 Å². The topological polar surface area (TPSA) is 24.5 Å². The van der Waals surface area contributed by atoms with Crippen molar-refractivity contribution in [1.29, 1.82) is 0 Å². The van der Waals surface area contributed by atoms with Crippen LogP contribution in [-0.4, -0.2) is 44.3 Å². The standard InChI is InChI=1S/C14H24N2OS/c1-4-5-16-6-7-17-13(9-16)14(15-3)12-8-11(2)18-10-12/h8,10,13-15H,4-7,9H2,1-3H3. The third-order valence-corrected chi connectivity index (χ3v) is 4.39. The van der Waals surface area contributed by atoms with E-state index < -0.39 is 0 Å². The van der Waals surface area contributed by atoms with E-state index in [0.717, 1.165) is 19.7 Å². The first-order valence-electron chi connectivity index (χ1n) is 6.80. The molecule has 1 aliphatic rings. The molecule has 1 aromatic heterocycles. The molecule has 0 spiro atoms. The fourth-order valence-corrected chi connectivity index (χ4v) is 3.39. The van der Waals surface area contributed by atoms with E-state index in [0.29, 0.717) is 6.04 Å². The molecule has 1 N–H and O–H groups in total. The third kappa shape index (κ3) is 3.32. The summed E-state index contributed by atoms with van der Waals surface area (Å²) in [6, 6.07) is 2.59. The van der Waals surface area contributed by atoms with Crippen LogP contribution in [0.4, 0.5) is 0 Å². The lowest BCUT2D eigenvalue weighted by molar-refractivity contribution is -0.0458. The number of hydrogen-bond acceptors (Lipinski definition) is 4. The van der Waals surface area contributed by atoms with Gasteiger partial charge in [-0.3, -0.25) is 4.90 Å². The van der Waals surface area contributed by atoms with Crippen LogP contribution < -0.4 is 5.32 Å². The van der Waals surface area contributed by atoms with E-state index in [-0.39, 0.29) is 6.10 Å². The number of nitrogens with zero attached hydrogens (tertiary/aromatic N) is 1. The highest BCUT2D eigenvalue weighted by molar-refractivity contribution is 7.10. The van der Waals surface area contributed by atoms with Crippen molar-refractivity contribution in [2.24, 2.45) is 0 Å². The molecule has 1 fully saturated rings. The van der Waals surface area contributed by atoms with Crippen molar-refractivity contribution < 1.29 is 4.74 Å². The number of ether oxygens (including phenoxy) is 1. The van der Waals surface area contributed by atoms with Gasteiger partial charge in [-0.05, 0) is 43.9 Å². The number of aryl methyl sites for hydroxylation is 1. The molecule has 1 aromatic rings. The fourth-order valence-electron chi connectivity index (χ4n) is 2.65. The maximum atomic E-state index is 5.97. The Morgan fingerprint density at radius 3 is 3.06 bits per heavy atom. The lowest BCUT2D eigenvalue weighted by Gasteiger charge is -2.36. The quantitative estimate of drug-likeness (QED) is 0.887. The van der Waals surface area contributed by atoms with E-state index in [4.69, 9.17) is 4.74 Å². The van der Waals surface area contributed by atoms with Gasteiger partial charge in [-0.25, -0.2) is 0 Å². The van der Waals surface area contributed by atoms with Crippen LogP contribution in [0.5, 0.6) is 0 Å². The second-order valence-electron chi connectivity index (χ2n) is 4.97. The normalized spacial score (nSPS) is 23.2. The van der Waals surface area contributed by atoms with E-state index in [1.807, 2.05) is 18.4 Å². The first-order chi connectivity index (χ1) is 8.74. The van der Waals surface area contributed by atoms with Crippen LogP contribution in [0.1, 0.15) is 29.8 Å². The van der Waals surface area contributed by atoms with Crippen molar-refractivity contribution in [1.82, 2.24) is 10.2 Å². The van der Waals surface area contributed by atoms with Gasteiger partial charge in [0, 0.05) is 18.0 Å². The number of morpholine rings is 1. The Morgan fingerprint density at radius 2 is 2.44 bits per heavy atom. The summed E-state index contributed by atoms with van der Waals surface area (Å²) in [6.07, 6.45) is 1.48. The second kappa shape index (κ2) is 6.66. The highest BCUT2D eigenvalue weighted by Gasteiger charge is 2.28. The largest absolute Gasteiger partial charge is 0.374 e. The minimum Gasteiger partial charge on any atom is -0.374 e. The van der Waals surface area contributed by atoms with E-state index in [1.165, 1.54) is 23.4 Å². The van der Waals surface area contributed by atoms with Gasteiger partial charge in [0.15, 0.2) is 0 Å². The smallest absolute Gasteiger partial charge is 0.0897 e. The molecule has 2 unspecified atom stereocenters. The summed E-state index contributed by atoms with van der Waals surface area (Å²) >= 11 is 1.81. The van der Waals surface area contributed by atoms with E-state index in [9.17, 15) is 0 Å². The van der Waals surface area contributed by atoms with E-state index >= 15 is 0 Å². The average Bonchev–Trinajstić information content (AvgIpc) is 2.78. The van der Waals surface area contributed by atoms with Crippen LogP contribution in [-0.2, 0) is 4.74 Å². The first kappa shape index (κ1) is 14.0. The van der Waals surface area contributed by atoms with Crippen LogP contribution in [0.15, 0.2) is 11.4 Å². The van der Waals surface area contributed by atoms with Crippen LogP contribution in [0.25, 0.3) is 0 Å². The van der Waals surface area contributed by atoms with Gasteiger partial charge in [-0.1, -0.05) is 6.92 Å². The van der Waals surface area contributed by atoms with Gasteiger partial charge in [0.05, 0.1) is 18.8 Å². The maximum absolute atomic E-state index is 5.97. The number of likely N-dealkylation sites (N-methyl/N-ethyl adjacent to an activating group) is 1. The zero-order valence-corrected chi connectivity index (χ0v) is 12.4. The summed E-state index contributed by atoms with van der Waals surface area (Å²) in [6.45, 7) is 8.54. The summed E-state index contributed by atoms with van der Waals surface area (Å²) in [5.41, 5.74) is 1.36.